The summed E-state index contributed by atoms with van der Waals surface area (Å²) in [5, 5.41) is 4.75. The maximum Gasteiger partial charge on any atom is 0.344 e. The number of carbonyl (C=O) groups is 2. The van der Waals surface area contributed by atoms with Gasteiger partial charge in [0.2, 0.25) is 0 Å². The molecule has 5 nitrogen and oxygen atoms in total. The number of anilines is 1. The molecule has 0 bridgehead atoms. The molecule has 0 unspecified atom stereocenters. The Morgan fingerprint density at radius 1 is 0.885 bits per heavy atom. The first-order chi connectivity index (χ1) is 12.6. The van der Waals surface area contributed by atoms with Crippen molar-refractivity contribution in [2.45, 2.75) is 0 Å². The molecule has 1 N–H and O–H groups in total. The second-order valence-electron chi connectivity index (χ2n) is 5.51. The molecule has 6 heteroatoms. The maximum atomic E-state index is 11.8. The number of nitrogens with one attached hydrogen (secondary N) is 1. The quantitative estimate of drug-likeness (QED) is 0.616. The zero-order chi connectivity index (χ0) is 18.4. The van der Waals surface area contributed by atoms with E-state index in [-0.39, 0.29) is 13.2 Å². The minimum Gasteiger partial charge on any atom is -0.482 e. The standard InChI is InChI=1S/C20H16BrNO4/c21-16-6-8-17(9-7-16)22-19(23)12-26-20(24)13-25-18-10-5-14-3-1-2-4-15(14)11-18/h1-11H,12-13H2,(H,22,23). The first-order valence-corrected chi connectivity index (χ1v) is 8.72. The molecule has 0 heterocycles. The summed E-state index contributed by atoms with van der Waals surface area (Å²) in [5.74, 6) is -0.449. The van der Waals surface area contributed by atoms with Gasteiger partial charge in [0.1, 0.15) is 5.75 Å². The molecule has 3 aromatic carbocycles. The van der Waals surface area contributed by atoms with Gasteiger partial charge in [0.15, 0.2) is 13.2 Å². The Balaban J connectivity index is 1.44. The van der Waals surface area contributed by atoms with Gasteiger partial charge in [-0.3, -0.25) is 4.79 Å². The molecule has 0 spiro atoms. The lowest BCUT2D eigenvalue weighted by atomic mass is 10.1. The van der Waals surface area contributed by atoms with Gasteiger partial charge in [0.05, 0.1) is 0 Å². The highest BCUT2D eigenvalue weighted by atomic mass is 79.9. The van der Waals surface area contributed by atoms with Crippen molar-refractivity contribution in [2.75, 3.05) is 18.5 Å². The van der Waals surface area contributed by atoms with Crippen LogP contribution in [0.1, 0.15) is 0 Å². The van der Waals surface area contributed by atoms with Gasteiger partial charge in [-0.1, -0.05) is 46.3 Å². The Morgan fingerprint density at radius 3 is 2.38 bits per heavy atom. The topological polar surface area (TPSA) is 64.6 Å². The molecule has 3 aromatic rings. The summed E-state index contributed by atoms with van der Waals surface area (Å²) in [4.78, 5) is 23.5. The molecule has 0 aliphatic rings. The molecular weight excluding hydrogens is 398 g/mol. The Kier molecular flexibility index (Phi) is 5.86. The largest absolute Gasteiger partial charge is 0.482 e. The maximum absolute atomic E-state index is 11.8. The van der Waals surface area contributed by atoms with Crippen LogP contribution in [0.25, 0.3) is 10.8 Å². The molecule has 1 amide bonds. The van der Waals surface area contributed by atoms with Crippen molar-refractivity contribution in [3.63, 3.8) is 0 Å². The number of halogens is 1. The van der Waals surface area contributed by atoms with E-state index < -0.39 is 11.9 Å². The smallest absolute Gasteiger partial charge is 0.344 e. The summed E-state index contributed by atoms with van der Waals surface area (Å²) in [5.41, 5.74) is 0.627. The van der Waals surface area contributed by atoms with Crippen molar-refractivity contribution in [2.24, 2.45) is 0 Å². The fraction of sp³-hybridized carbons (Fsp3) is 0.100. The van der Waals surface area contributed by atoms with Gasteiger partial charge in [-0.25, -0.2) is 4.79 Å². The van der Waals surface area contributed by atoms with Crippen molar-refractivity contribution >= 4 is 44.3 Å². The van der Waals surface area contributed by atoms with E-state index in [0.717, 1.165) is 15.2 Å². The van der Waals surface area contributed by atoms with Gasteiger partial charge in [-0.15, -0.1) is 0 Å². The fourth-order valence-electron chi connectivity index (χ4n) is 2.32. The molecular formula is C20H16BrNO4. The van der Waals surface area contributed by atoms with Crippen molar-refractivity contribution in [3.05, 3.63) is 71.2 Å². The lowest BCUT2D eigenvalue weighted by Gasteiger charge is -2.08. The third kappa shape index (κ3) is 5.07. The van der Waals surface area contributed by atoms with E-state index in [2.05, 4.69) is 21.2 Å². The van der Waals surface area contributed by atoms with Crippen LogP contribution in [0.3, 0.4) is 0 Å². The fourth-order valence-corrected chi connectivity index (χ4v) is 2.58. The van der Waals surface area contributed by atoms with Gasteiger partial charge in [0.25, 0.3) is 5.91 Å². The average molecular weight is 414 g/mol. The van der Waals surface area contributed by atoms with Crippen LogP contribution in [-0.2, 0) is 14.3 Å². The molecule has 0 saturated heterocycles. The molecule has 0 aliphatic carbocycles. The van der Waals surface area contributed by atoms with Crippen molar-refractivity contribution in [1.82, 2.24) is 0 Å². The highest BCUT2D eigenvalue weighted by Gasteiger charge is 2.09. The minimum atomic E-state index is -0.607. The summed E-state index contributed by atoms with van der Waals surface area (Å²) >= 11 is 3.32. The normalized spacial score (nSPS) is 10.3. The summed E-state index contributed by atoms with van der Waals surface area (Å²) in [6, 6.07) is 20.5. The van der Waals surface area contributed by atoms with Crippen molar-refractivity contribution in [3.8, 4) is 5.75 Å². The summed E-state index contributed by atoms with van der Waals surface area (Å²) < 4.78 is 11.3. The van der Waals surface area contributed by atoms with Gasteiger partial charge in [-0.05, 0) is 47.2 Å². The van der Waals surface area contributed by atoms with Crippen LogP contribution in [0.4, 0.5) is 5.69 Å². The van der Waals surface area contributed by atoms with Gasteiger partial charge in [-0.2, -0.15) is 0 Å². The Bertz CT molecular complexity index is 925. The Morgan fingerprint density at radius 2 is 1.62 bits per heavy atom. The molecule has 0 aliphatic heterocycles. The van der Waals surface area contributed by atoms with Crippen LogP contribution >= 0.6 is 15.9 Å². The van der Waals surface area contributed by atoms with E-state index in [1.807, 2.05) is 36.4 Å². The van der Waals surface area contributed by atoms with E-state index in [4.69, 9.17) is 9.47 Å². The molecule has 26 heavy (non-hydrogen) atoms. The highest BCUT2D eigenvalue weighted by molar-refractivity contribution is 9.10. The first kappa shape index (κ1) is 17.9. The minimum absolute atomic E-state index is 0.260. The first-order valence-electron chi connectivity index (χ1n) is 7.93. The van der Waals surface area contributed by atoms with Gasteiger partial charge >= 0.3 is 5.97 Å². The van der Waals surface area contributed by atoms with E-state index in [1.54, 1.807) is 30.3 Å². The zero-order valence-electron chi connectivity index (χ0n) is 13.8. The molecule has 0 saturated carbocycles. The third-order valence-electron chi connectivity index (χ3n) is 3.57. The molecule has 3 rings (SSSR count). The lowest BCUT2D eigenvalue weighted by molar-refractivity contribution is -0.149. The summed E-state index contributed by atoms with van der Waals surface area (Å²) in [6.07, 6.45) is 0. The van der Waals surface area contributed by atoms with E-state index in [1.165, 1.54) is 0 Å². The number of esters is 1. The van der Waals surface area contributed by atoms with Crippen LogP contribution in [-0.4, -0.2) is 25.1 Å². The Hall–Kier alpha value is -2.86. The van der Waals surface area contributed by atoms with Crippen LogP contribution < -0.4 is 10.1 Å². The number of hydrogen-bond donors (Lipinski definition) is 1. The molecule has 0 aromatic heterocycles. The van der Waals surface area contributed by atoms with Crippen LogP contribution in [0.5, 0.6) is 5.75 Å². The highest BCUT2D eigenvalue weighted by Crippen LogP contribution is 2.20. The molecule has 0 atom stereocenters. The van der Waals surface area contributed by atoms with Crippen LogP contribution in [0.2, 0.25) is 0 Å². The number of hydrogen-bond acceptors (Lipinski definition) is 4. The predicted octanol–water partition coefficient (Wildman–Crippen LogP) is 4.16. The number of rotatable bonds is 6. The second kappa shape index (κ2) is 8.49. The number of amides is 1. The van der Waals surface area contributed by atoms with Crippen molar-refractivity contribution in [1.29, 1.82) is 0 Å². The predicted molar refractivity (Wildman–Crippen MR) is 103 cm³/mol. The van der Waals surface area contributed by atoms with Gasteiger partial charge in [0, 0.05) is 10.2 Å². The van der Waals surface area contributed by atoms with Crippen molar-refractivity contribution < 1.29 is 19.1 Å². The third-order valence-corrected chi connectivity index (χ3v) is 4.10. The summed E-state index contributed by atoms with van der Waals surface area (Å²) in [6.45, 7) is -0.625. The average Bonchev–Trinajstić information content (AvgIpc) is 2.66. The summed E-state index contributed by atoms with van der Waals surface area (Å²) in [7, 11) is 0. The molecule has 0 radical (unpaired) electrons. The monoisotopic (exact) mass is 413 g/mol. The van der Waals surface area contributed by atoms with Crippen LogP contribution in [0.15, 0.2) is 71.2 Å². The second-order valence-corrected chi connectivity index (χ2v) is 6.43. The zero-order valence-corrected chi connectivity index (χ0v) is 15.4. The van der Waals surface area contributed by atoms with E-state index in [9.17, 15) is 9.59 Å². The van der Waals surface area contributed by atoms with E-state index in [0.29, 0.717) is 11.4 Å². The molecule has 0 fully saturated rings. The number of ether oxygens (including phenoxy) is 2. The number of benzene rings is 3. The number of fused-ring (bicyclic) bond motifs is 1. The van der Waals surface area contributed by atoms with Gasteiger partial charge < -0.3 is 14.8 Å². The number of carbonyl (C=O) groups excluding carboxylic acids is 2. The van der Waals surface area contributed by atoms with Crippen LogP contribution in [0, 0.1) is 0 Å². The Labute approximate surface area is 159 Å². The van der Waals surface area contributed by atoms with E-state index >= 15 is 0 Å². The molecule has 132 valence electrons. The lowest BCUT2D eigenvalue weighted by Crippen LogP contribution is -2.23. The SMILES string of the molecule is O=C(COC(=O)COc1ccc2ccccc2c1)Nc1ccc(Br)cc1.